The molecule has 0 saturated carbocycles. The van der Waals surface area contributed by atoms with Gasteiger partial charge in [-0.1, -0.05) is 25.5 Å². The number of rotatable bonds is 22. The largest absolute Gasteiger partial charge is 0.480 e. The lowest BCUT2D eigenvalue weighted by Gasteiger charge is -2.32. The molecule has 0 bridgehead atoms. The number of aromatic nitrogens is 4. The number of carbonyl (C=O) groups is 2. The number of nitrogens with two attached hydrogens (primary N) is 1. The van der Waals surface area contributed by atoms with Crippen LogP contribution in [0.15, 0.2) is 24.3 Å². The molecule has 1 aromatic carbocycles. The molecule has 2 amide bonds. The molecule has 3 aromatic rings. The van der Waals surface area contributed by atoms with Gasteiger partial charge in [0.2, 0.25) is 11.9 Å². The highest BCUT2D eigenvalue weighted by Crippen LogP contribution is 2.25. The van der Waals surface area contributed by atoms with E-state index in [0.717, 1.165) is 64.0 Å². The van der Waals surface area contributed by atoms with Crippen molar-refractivity contribution in [3.8, 4) is 6.01 Å². The first-order chi connectivity index (χ1) is 23.8. The molecule has 278 valence electrons. The number of benzene rings is 1. The van der Waals surface area contributed by atoms with Gasteiger partial charge in [0.25, 0.3) is 11.9 Å². The molecule has 6 N–H and O–H groups in total. The van der Waals surface area contributed by atoms with Crippen LogP contribution in [0.25, 0.3) is 11.2 Å². The number of unbranched alkanes of at least 4 members (excludes halogenated alkanes) is 2. The van der Waals surface area contributed by atoms with E-state index in [1.807, 2.05) is 0 Å². The number of nitrogen functional groups attached to an aromatic ring is 1. The highest BCUT2D eigenvalue weighted by atomic mass is 16.3. The Kier molecular flexibility index (Phi) is 16.2. The van der Waals surface area contributed by atoms with Crippen LogP contribution in [0.1, 0.15) is 82.1 Å². The van der Waals surface area contributed by atoms with Crippen molar-refractivity contribution in [1.82, 2.24) is 44.9 Å². The maximum absolute atomic E-state index is 12.7. The van der Waals surface area contributed by atoms with E-state index in [-0.39, 0.29) is 42.3 Å². The van der Waals surface area contributed by atoms with E-state index in [1.165, 1.54) is 12.8 Å². The van der Waals surface area contributed by atoms with Crippen LogP contribution in [0.4, 0.5) is 11.8 Å². The average molecular weight is 696 g/mol. The fraction of sp³-hybridized carbons (Fsp3) is 0.639. The lowest BCUT2D eigenvalue weighted by molar-refractivity contribution is -0.120. The van der Waals surface area contributed by atoms with Crippen molar-refractivity contribution >= 4 is 34.7 Å². The van der Waals surface area contributed by atoms with Crippen LogP contribution in [-0.4, -0.2) is 130 Å². The first-order valence-corrected chi connectivity index (χ1v) is 18.0. The van der Waals surface area contributed by atoms with Gasteiger partial charge in [0.15, 0.2) is 17.0 Å². The zero-order chi connectivity index (χ0) is 36.7. The number of anilines is 2. The van der Waals surface area contributed by atoms with Gasteiger partial charge in [0.1, 0.15) is 0 Å². The summed E-state index contributed by atoms with van der Waals surface area (Å²) in [5, 5.41) is 19.2. The molecule has 0 unspecified atom stereocenters. The third-order valence-electron chi connectivity index (χ3n) is 8.93. The zero-order valence-electron chi connectivity index (χ0n) is 31.4. The van der Waals surface area contributed by atoms with Crippen LogP contribution < -0.4 is 21.7 Å². The fourth-order valence-corrected chi connectivity index (χ4v) is 5.36. The summed E-state index contributed by atoms with van der Waals surface area (Å²) in [4.78, 5) is 45.1. The first-order valence-electron chi connectivity index (χ1n) is 18.0. The topological polar surface area (TPSA) is 170 Å². The van der Waals surface area contributed by atoms with Gasteiger partial charge < -0.3 is 41.5 Å². The summed E-state index contributed by atoms with van der Waals surface area (Å²) in [5.74, 6) is 0.00148. The predicted octanol–water partition coefficient (Wildman–Crippen LogP) is 3.37. The fourth-order valence-electron chi connectivity index (χ4n) is 5.36. The standard InChI is InChI=1S/C36H61N11O3/c1-8-9-18-39-34-42-31(37)30-32(43-34)47(35(50)41-30)26-27-14-16-28(17-15-27)33(49)40-25-29(48)38-19-12-22-44(5)20-10-11-21-45(6)23-13-24-46(7)36(2,3)4/h14-17H,8-13,18-26H2,1-7H3,(H,38,48)(H,40,49)(H,41,50)(H3,37,39,42,43). The number of nitrogens with one attached hydrogen (secondary N) is 3. The second-order valence-corrected chi connectivity index (χ2v) is 14.2. The van der Waals surface area contributed by atoms with Gasteiger partial charge in [-0.3, -0.25) is 14.2 Å². The normalized spacial score (nSPS) is 12.0. The number of fused-ring (bicyclic) bond motifs is 1. The maximum atomic E-state index is 12.7. The highest BCUT2D eigenvalue weighted by molar-refractivity contribution is 5.96. The van der Waals surface area contributed by atoms with Gasteiger partial charge in [-0.05, 0) is 124 Å². The van der Waals surface area contributed by atoms with E-state index in [4.69, 9.17) is 5.73 Å². The summed E-state index contributed by atoms with van der Waals surface area (Å²) in [5.41, 5.74) is 8.28. The lowest BCUT2D eigenvalue weighted by Crippen LogP contribution is -2.39. The van der Waals surface area contributed by atoms with Gasteiger partial charge >= 0.3 is 0 Å². The number of hydrogen-bond donors (Lipinski definition) is 5. The van der Waals surface area contributed by atoms with Gasteiger partial charge in [-0.25, -0.2) is 0 Å². The van der Waals surface area contributed by atoms with Gasteiger partial charge in [-0.15, -0.1) is 0 Å². The van der Waals surface area contributed by atoms with Gasteiger partial charge in [0.05, 0.1) is 13.1 Å². The molecule has 0 aliphatic carbocycles. The summed E-state index contributed by atoms with van der Waals surface area (Å²) in [6.45, 7) is 15.6. The van der Waals surface area contributed by atoms with Crippen LogP contribution >= 0.6 is 0 Å². The number of amides is 2. The zero-order valence-corrected chi connectivity index (χ0v) is 31.4. The number of hydrogen-bond acceptors (Lipinski definition) is 11. The minimum Gasteiger partial charge on any atom is -0.480 e. The molecule has 14 heteroatoms. The summed E-state index contributed by atoms with van der Waals surface area (Å²) in [7, 11) is 6.51. The lowest BCUT2D eigenvalue weighted by atomic mass is 10.1. The minimum absolute atomic E-state index is 0.0961. The smallest absolute Gasteiger partial charge is 0.296 e. The van der Waals surface area contributed by atoms with Crippen molar-refractivity contribution < 1.29 is 14.7 Å². The van der Waals surface area contributed by atoms with E-state index in [9.17, 15) is 14.7 Å². The van der Waals surface area contributed by atoms with Crippen molar-refractivity contribution in [2.45, 2.75) is 78.3 Å². The molecular formula is C36H61N11O3. The van der Waals surface area contributed by atoms with Crippen molar-refractivity contribution in [2.75, 3.05) is 84.6 Å². The molecule has 0 aliphatic heterocycles. The van der Waals surface area contributed by atoms with Crippen molar-refractivity contribution in [3.63, 3.8) is 0 Å². The molecule has 50 heavy (non-hydrogen) atoms. The Labute approximate surface area is 298 Å². The minimum atomic E-state index is -0.339. The molecule has 0 atom stereocenters. The summed E-state index contributed by atoms with van der Waals surface area (Å²) < 4.78 is 1.55. The quantitative estimate of drug-likeness (QED) is 0.0977. The van der Waals surface area contributed by atoms with Crippen molar-refractivity contribution in [2.24, 2.45) is 0 Å². The van der Waals surface area contributed by atoms with E-state index >= 15 is 0 Å². The Morgan fingerprint density at radius 3 is 2.12 bits per heavy atom. The van der Waals surface area contributed by atoms with E-state index in [2.05, 4.69) is 94.4 Å². The number of aromatic hydroxyl groups is 1. The number of nitrogens with zero attached hydrogens (tertiary/aromatic N) is 7. The van der Waals surface area contributed by atoms with Crippen molar-refractivity contribution in [1.29, 1.82) is 0 Å². The third-order valence-corrected chi connectivity index (χ3v) is 8.93. The molecule has 0 spiro atoms. The average Bonchev–Trinajstić information content (AvgIpc) is 3.38. The summed E-state index contributed by atoms with van der Waals surface area (Å²) in [6.07, 6.45) is 6.33. The van der Waals surface area contributed by atoms with Crippen LogP contribution in [0.2, 0.25) is 0 Å². The van der Waals surface area contributed by atoms with Crippen LogP contribution in [0.5, 0.6) is 6.01 Å². The number of carbonyl (C=O) groups excluding carboxylic acids is 2. The summed E-state index contributed by atoms with van der Waals surface area (Å²) >= 11 is 0. The highest BCUT2D eigenvalue weighted by Gasteiger charge is 2.18. The molecule has 2 heterocycles. The van der Waals surface area contributed by atoms with Gasteiger partial charge in [0, 0.05) is 24.2 Å². The van der Waals surface area contributed by atoms with E-state index in [1.54, 1.807) is 28.8 Å². The SMILES string of the molecule is CCCCNc1nc(N)c2nc(O)n(Cc3ccc(C(=O)NCC(=O)NCCCN(C)CCCCN(C)CCCN(C)C(C)(C)C)cc3)c2n1. The molecule has 0 radical (unpaired) electrons. The molecular weight excluding hydrogens is 634 g/mol. The third kappa shape index (κ3) is 13.4. The second kappa shape index (κ2) is 20.0. The van der Waals surface area contributed by atoms with Crippen LogP contribution in [0.3, 0.4) is 0 Å². The molecule has 2 aromatic heterocycles. The molecule has 0 aliphatic rings. The predicted molar refractivity (Wildman–Crippen MR) is 202 cm³/mol. The van der Waals surface area contributed by atoms with Crippen LogP contribution in [0, 0.1) is 0 Å². The molecule has 0 fully saturated rings. The van der Waals surface area contributed by atoms with Crippen LogP contribution in [-0.2, 0) is 11.3 Å². The Morgan fingerprint density at radius 2 is 1.48 bits per heavy atom. The number of imidazole rings is 1. The first kappa shape index (κ1) is 40.4. The Balaban J connectivity index is 1.31. The molecule has 0 saturated heterocycles. The maximum Gasteiger partial charge on any atom is 0.296 e. The Morgan fingerprint density at radius 1 is 0.840 bits per heavy atom. The Hall–Kier alpha value is -4.01. The van der Waals surface area contributed by atoms with E-state index < -0.39 is 0 Å². The molecule has 14 nitrogen and oxygen atoms in total. The van der Waals surface area contributed by atoms with Crippen molar-refractivity contribution in [3.05, 3.63) is 35.4 Å². The van der Waals surface area contributed by atoms with E-state index in [0.29, 0.717) is 35.8 Å². The Bertz CT molecular complexity index is 1490. The van der Waals surface area contributed by atoms with Gasteiger partial charge in [-0.2, -0.15) is 15.0 Å². The second-order valence-electron chi connectivity index (χ2n) is 14.2. The monoisotopic (exact) mass is 695 g/mol. The summed E-state index contributed by atoms with van der Waals surface area (Å²) in [6, 6.07) is 6.71. The molecule has 3 rings (SSSR count).